The van der Waals surface area contributed by atoms with Gasteiger partial charge in [0.25, 0.3) is 0 Å². The van der Waals surface area contributed by atoms with Crippen LogP contribution in [0.4, 0.5) is 0 Å². The van der Waals surface area contributed by atoms with Crippen molar-refractivity contribution in [3.05, 3.63) is 0 Å². The predicted octanol–water partition coefficient (Wildman–Crippen LogP) is -0.757. The number of sulfone groups is 1. The highest BCUT2D eigenvalue weighted by Gasteiger charge is 2.29. The number of amides is 1. The highest BCUT2D eigenvalue weighted by atomic mass is 32.2. The molecule has 1 aliphatic rings. The lowest BCUT2D eigenvalue weighted by Gasteiger charge is -2.09. The summed E-state index contributed by atoms with van der Waals surface area (Å²) in [6.07, 6.45) is 0.0568. The number of carbonyl (C=O) groups is 2. The third-order valence-corrected chi connectivity index (χ3v) is 3.98. The quantitative estimate of drug-likeness (QED) is 0.522. The SMILES string of the molecule is CCOC(=O)CC(=O)NC1CCS(=O)(=O)C1. The van der Waals surface area contributed by atoms with E-state index in [0.29, 0.717) is 6.42 Å². The Bertz CT molecular complexity index is 375. The zero-order valence-corrected chi connectivity index (χ0v) is 9.88. The van der Waals surface area contributed by atoms with Crippen molar-refractivity contribution in [1.82, 2.24) is 5.32 Å². The largest absolute Gasteiger partial charge is 0.466 e. The van der Waals surface area contributed by atoms with Crippen LogP contribution in [0.5, 0.6) is 0 Å². The fourth-order valence-electron chi connectivity index (χ4n) is 1.53. The molecule has 0 aromatic heterocycles. The molecule has 0 radical (unpaired) electrons. The van der Waals surface area contributed by atoms with Crippen molar-refractivity contribution in [2.75, 3.05) is 18.1 Å². The molecule has 1 aliphatic heterocycles. The van der Waals surface area contributed by atoms with Crippen LogP contribution in [0.1, 0.15) is 19.8 Å². The summed E-state index contributed by atoms with van der Waals surface area (Å²) in [5, 5.41) is 2.50. The average Bonchev–Trinajstić information content (AvgIpc) is 2.45. The van der Waals surface area contributed by atoms with Gasteiger partial charge < -0.3 is 10.1 Å². The maximum atomic E-state index is 11.3. The number of hydrogen-bond donors (Lipinski definition) is 1. The van der Waals surface area contributed by atoms with Gasteiger partial charge >= 0.3 is 5.97 Å². The third-order valence-electron chi connectivity index (χ3n) is 2.21. The van der Waals surface area contributed by atoms with Crippen molar-refractivity contribution in [3.8, 4) is 0 Å². The summed E-state index contributed by atoms with van der Waals surface area (Å²) in [6.45, 7) is 1.88. The summed E-state index contributed by atoms with van der Waals surface area (Å²) in [5.41, 5.74) is 0. The van der Waals surface area contributed by atoms with E-state index in [4.69, 9.17) is 0 Å². The second-order valence-corrected chi connectivity index (χ2v) is 5.88. The van der Waals surface area contributed by atoms with Gasteiger partial charge in [0, 0.05) is 6.04 Å². The summed E-state index contributed by atoms with van der Waals surface area (Å²) in [6, 6.07) is -0.369. The van der Waals surface area contributed by atoms with Gasteiger partial charge in [0.2, 0.25) is 5.91 Å². The number of rotatable bonds is 4. The van der Waals surface area contributed by atoms with E-state index in [9.17, 15) is 18.0 Å². The van der Waals surface area contributed by atoms with Gasteiger partial charge in [-0.3, -0.25) is 9.59 Å². The number of hydrogen-bond acceptors (Lipinski definition) is 5. The third kappa shape index (κ3) is 4.18. The molecule has 1 unspecified atom stereocenters. The summed E-state index contributed by atoms with van der Waals surface area (Å²) < 4.78 is 26.8. The van der Waals surface area contributed by atoms with Crippen LogP contribution < -0.4 is 5.32 Å². The molecule has 92 valence electrons. The van der Waals surface area contributed by atoms with E-state index >= 15 is 0 Å². The van der Waals surface area contributed by atoms with Crippen molar-refractivity contribution < 1.29 is 22.7 Å². The Morgan fingerprint density at radius 3 is 2.62 bits per heavy atom. The van der Waals surface area contributed by atoms with Gasteiger partial charge in [0.15, 0.2) is 9.84 Å². The van der Waals surface area contributed by atoms with E-state index in [0.717, 1.165) is 0 Å². The molecule has 1 saturated heterocycles. The second kappa shape index (κ2) is 5.29. The molecule has 0 spiro atoms. The Hall–Kier alpha value is -1.11. The number of ether oxygens (including phenoxy) is 1. The van der Waals surface area contributed by atoms with Crippen LogP contribution in [-0.2, 0) is 24.2 Å². The Morgan fingerprint density at radius 1 is 1.44 bits per heavy atom. The molecule has 6 nitrogen and oxygen atoms in total. The Morgan fingerprint density at radius 2 is 2.12 bits per heavy atom. The van der Waals surface area contributed by atoms with Gasteiger partial charge in [-0.25, -0.2) is 8.42 Å². The topological polar surface area (TPSA) is 89.5 Å². The van der Waals surface area contributed by atoms with Crippen molar-refractivity contribution in [2.45, 2.75) is 25.8 Å². The molecule has 16 heavy (non-hydrogen) atoms. The Kier molecular flexibility index (Phi) is 4.28. The second-order valence-electron chi connectivity index (χ2n) is 3.65. The minimum absolute atomic E-state index is 0.0401. The van der Waals surface area contributed by atoms with Crippen molar-refractivity contribution >= 4 is 21.7 Å². The highest BCUT2D eigenvalue weighted by Crippen LogP contribution is 2.11. The molecule has 1 atom stereocenters. The molecule has 0 bridgehead atoms. The van der Waals surface area contributed by atoms with Crippen LogP contribution in [0.25, 0.3) is 0 Å². The molecule has 0 aromatic rings. The minimum atomic E-state index is -3.01. The van der Waals surface area contributed by atoms with Crippen LogP contribution >= 0.6 is 0 Å². The van der Waals surface area contributed by atoms with E-state index in [1.165, 1.54) is 0 Å². The molecule has 1 heterocycles. The number of esters is 1. The standard InChI is InChI=1S/C9H15NO5S/c1-2-15-9(12)5-8(11)10-7-3-4-16(13,14)6-7/h7H,2-6H2,1H3,(H,10,11). The van der Waals surface area contributed by atoms with Crippen LogP contribution in [-0.4, -0.2) is 44.4 Å². The van der Waals surface area contributed by atoms with E-state index in [2.05, 4.69) is 10.1 Å². The monoisotopic (exact) mass is 249 g/mol. The van der Waals surface area contributed by atoms with Gasteiger partial charge in [0.1, 0.15) is 6.42 Å². The summed E-state index contributed by atoms with van der Waals surface area (Å²) in [7, 11) is -3.01. The number of nitrogens with one attached hydrogen (secondary N) is 1. The average molecular weight is 249 g/mol. The van der Waals surface area contributed by atoms with E-state index in [-0.39, 0.29) is 30.6 Å². The molecule has 1 amide bonds. The van der Waals surface area contributed by atoms with Gasteiger partial charge in [-0.2, -0.15) is 0 Å². The summed E-state index contributed by atoms with van der Waals surface area (Å²) in [4.78, 5) is 22.2. The van der Waals surface area contributed by atoms with Gasteiger partial charge in [-0.05, 0) is 13.3 Å². The molecular formula is C9H15NO5S. The van der Waals surface area contributed by atoms with Crippen LogP contribution in [0.2, 0.25) is 0 Å². The predicted molar refractivity (Wildman–Crippen MR) is 56.5 cm³/mol. The van der Waals surface area contributed by atoms with Gasteiger partial charge in [-0.15, -0.1) is 0 Å². The van der Waals surface area contributed by atoms with Gasteiger partial charge in [-0.1, -0.05) is 0 Å². The number of carbonyl (C=O) groups excluding carboxylic acids is 2. The first-order valence-electron chi connectivity index (χ1n) is 5.08. The summed E-state index contributed by atoms with van der Waals surface area (Å²) in [5.74, 6) is -1.03. The van der Waals surface area contributed by atoms with Crippen LogP contribution in [0, 0.1) is 0 Å². The fraction of sp³-hybridized carbons (Fsp3) is 0.778. The maximum absolute atomic E-state index is 11.3. The molecule has 0 aliphatic carbocycles. The van der Waals surface area contributed by atoms with E-state index in [1.54, 1.807) is 6.92 Å². The zero-order valence-electron chi connectivity index (χ0n) is 9.06. The molecular weight excluding hydrogens is 234 g/mol. The molecule has 1 fully saturated rings. The van der Waals surface area contributed by atoms with E-state index < -0.39 is 21.7 Å². The van der Waals surface area contributed by atoms with E-state index in [1.807, 2.05) is 0 Å². The van der Waals surface area contributed by atoms with Crippen LogP contribution in [0.3, 0.4) is 0 Å². The smallest absolute Gasteiger partial charge is 0.315 e. The lowest BCUT2D eigenvalue weighted by atomic mass is 10.2. The zero-order chi connectivity index (χ0) is 12.2. The Labute approximate surface area is 94.3 Å². The van der Waals surface area contributed by atoms with Crippen LogP contribution in [0.15, 0.2) is 0 Å². The molecule has 7 heteroatoms. The van der Waals surface area contributed by atoms with Gasteiger partial charge in [0.05, 0.1) is 18.1 Å². The highest BCUT2D eigenvalue weighted by molar-refractivity contribution is 7.91. The molecule has 0 aromatic carbocycles. The molecule has 1 N–H and O–H groups in total. The lowest BCUT2D eigenvalue weighted by molar-refractivity contribution is -0.146. The first-order chi connectivity index (χ1) is 7.43. The summed E-state index contributed by atoms with van der Waals surface area (Å²) >= 11 is 0. The lowest BCUT2D eigenvalue weighted by Crippen LogP contribution is -2.36. The maximum Gasteiger partial charge on any atom is 0.315 e. The molecule has 0 saturated carbocycles. The Balaban J connectivity index is 2.33. The van der Waals surface area contributed by atoms with Crippen molar-refractivity contribution in [3.63, 3.8) is 0 Å². The normalized spacial score (nSPS) is 22.7. The first-order valence-corrected chi connectivity index (χ1v) is 6.90. The minimum Gasteiger partial charge on any atom is -0.466 e. The van der Waals surface area contributed by atoms with Crippen molar-refractivity contribution in [1.29, 1.82) is 0 Å². The first kappa shape index (κ1) is 13.0. The molecule has 1 rings (SSSR count). The fourth-order valence-corrected chi connectivity index (χ4v) is 3.20. The van der Waals surface area contributed by atoms with Crippen molar-refractivity contribution in [2.24, 2.45) is 0 Å².